The summed E-state index contributed by atoms with van der Waals surface area (Å²) in [5.41, 5.74) is 0.146. The van der Waals surface area contributed by atoms with Crippen LogP contribution in [0.4, 0.5) is 18.9 Å². The number of halogens is 3. The number of aryl methyl sites for hydroxylation is 1. The molecule has 0 spiro atoms. The molecule has 2 aromatic heterocycles. The van der Waals surface area contributed by atoms with Gasteiger partial charge in [-0.05, 0) is 73.9 Å². The summed E-state index contributed by atoms with van der Waals surface area (Å²) < 4.78 is 43.2. The number of anilines is 1. The molecule has 2 heterocycles. The molecule has 1 fully saturated rings. The number of aliphatic hydroxyl groups excluding tert-OH is 1. The molecule has 8 heteroatoms. The number of nitrogens with one attached hydrogen (secondary N) is 1. The van der Waals surface area contributed by atoms with Gasteiger partial charge in [0.1, 0.15) is 28.8 Å². The molecular formula is C24H22F3N3O2. The van der Waals surface area contributed by atoms with Crippen molar-refractivity contribution in [2.24, 2.45) is 0 Å². The highest BCUT2D eigenvalue weighted by molar-refractivity contribution is 6.03. The SMILES string of the molecule is Cc1ccc(F)c(-c2nc(C(=O)Nc3cnccc3C3CCC(O)CC3)ccc2F)c1F. The second kappa shape index (κ2) is 9.08. The maximum absolute atomic E-state index is 14.5. The molecule has 32 heavy (non-hydrogen) atoms. The van der Waals surface area contributed by atoms with Crippen molar-refractivity contribution in [2.45, 2.75) is 44.6 Å². The summed E-state index contributed by atoms with van der Waals surface area (Å²) in [6.45, 7) is 1.43. The number of carbonyl (C=O) groups is 1. The molecule has 1 aromatic carbocycles. The Kier molecular flexibility index (Phi) is 6.23. The van der Waals surface area contributed by atoms with Crippen LogP contribution in [0, 0.1) is 24.4 Å². The predicted molar refractivity (Wildman–Crippen MR) is 114 cm³/mol. The van der Waals surface area contributed by atoms with E-state index in [1.807, 2.05) is 6.07 Å². The maximum Gasteiger partial charge on any atom is 0.274 e. The maximum atomic E-state index is 14.5. The molecule has 1 saturated carbocycles. The van der Waals surface area contributed by atoms with Gasteiger partial charge in [0.05, 0.1) is 23.6 Å². The molecule has 4 rings (SSSR count). The molecule has 0 bridgehead atoms. The first kappa shape index (κ1) is 22.0. The lowest BCUT2D eigenvalue weighted by Crippen LogP contribution is -2.20. The molecule has 1 aliphatic rings. The van der Waals surface area contributed by atoms with Crippen LogP contribution in [0.3, 0.4) is 0 Å². The Labute approximate surface area is 183 Å². The van der Waals surface area contributed by atoms with Gasteiger partial charge in [0.15, 0.2) is 0 Å². The van der Waals surface area contributed by atoms with Gasteiger partial charge in [-0.25, -0.2) is 18.2 Å². The molecule has 3 aromatic rings. The molecule has 1 aliphatic carbocycles. The van der Waals surface area contributed by atoms with Crippen LogP contribution in [0.25, 0.3) is 11.3 Å². The predicted octanol–water partition coefficient (Wildman–Crippen LogP) is 5.14. The van der Waals surface area contributed by atoms with E-state index in [9.17, 15) is 23.1 Å². The normalized spacial score (nSPS) is 18.4. The Bertz CT molecular complexity index is 1160. The number of hydrogen-bond donors (Lipinski definition) is 2. The summed E-state index contributed by atoms with van der Waals surface area (Å²) in [6, 6.07) is 6.22. The fraction of sp³-hybridized carbons (Fsp3) is 0.292. The number of carbonyl (C=O) groups excluding carboxylic acids is 1. The third-order valence-corrected chi connectivity index (χ3v) is 5.84. The van der Waals surface area contributed by atoms with E-state index in [1.54, 1.807) is 6.20 Å². The zero-order chi connectivity index (χ0) is 22.8. The van der Waals surface area contributed by atoms with Gasteiger partial charge in [-0.3, -0.25) is 9.78 Å². The van der Waals surface area contributed by atoms with E-state index in [-0.39, 0.29) is 23.3 Å². The second-order valence-electron chi connectivity index (χ2n) is 8.00. The van der Waals surface area contributed by atoms with Crippen molar-refractivity contribution in [3.05, 3.63) is 77.0 Å². The third-order valence-electron chi connectivity index (χ3n) is 5.84. The largest absolute Gasteiger partial charge is 0.393 e. The lowest BCUT2D eigenvalue weighted by molar-refractivity contribution is 0.102. The average Bonchev–Trinajstić information content (AvgIpc) is 2.79. The van der Waals surface area contributed by atoms with Crippen LogP contribution in [-0.4, -0.2) is 27.1 Å². The van der Waals surface area contributed by atoms with Crippen molar-refractivity contribution in [1.29, 1.82) is 0 Å². The highest BCUT2D eigenvalue weighted by atomic mass is 19.1. The van der Waals surface area contributed by atoms with Crippen molar-refractivity contribution < 1.29 is 23.1 Å². The smallest absolute Gasteiger partial charge is 0.274 e. The van der Waals surface area contributed by atoms with E-state index < -0.39 is 34.6 Å². The van der Waals surface area contributed by atoms with E-state index in [2.05, 4.69) is 15.3 Å². The first-order chi connectivity index (χ1) is 15.3. The molecule has 0 unspecified atom stereocenters. The topological polar surface area (TPSA) is 75.1 Å². The first-order valence-corrected chi connectivity index (χ1v) is 10.4. The highest BCUT2D eigenvalue weighted by Crippen LogP contribution is 2.36. The van der Waals surface area contributed by atoms with Gasteiger partial charge in [-0.2, -0.15) is 0 Å². The Morgan fingerprint density at radius 1 is 1.03 bits per heavy atom. The van der Waals surface area contributed by atoms with Crippen molar-refractivity contribution >= 4 is 11.6 Å². The van der Waals surface area contributed by atoms with Crippen LogP contribution >= 0.6 is 0 Å². The average molecular weight is 441 g/mol. The summed E-state index contributed by atoms with van der Waals surface area (Å²) in [7, 11) is 0. The minimum absolute atomic E-state index is 0.134. The van der Waals surface area contributed by atoms with Crippen LogP contribution in [-0.2, 0) is 0 Å². The first-order valence-electron chi connectivity index (χ1n) is 10.4. The van der Waals surface area contributed by atoms with E-state index >= 15 is 0 Å². The summed E-state index contributed by atoms with van der Waals surface area (Å²) in [4.78, 5) is 20.9. The zero-order valence-electron chi connectivity index (χ0n) is 17.4. The Morgan fingerprint density at radius 2 is 1.75 bits per heavy atom. The lowest BCUT2D eigenvalue weighted by Gasteiger charge is -2.27. The highest BCUT2D eigenvalue weighted by Gasteiger charge is 2.25. The summed E-state index contributed by atoms with van der Waals surface area (Å²) >= 11 is 0. The Hall–Kier alpha value is -3.26. The zero-order valence-corrected chi connectivity index (χ0v) is 17.4. The van der Waals surface area contributed by atoms with Gasteiger partial charge in [0.25, 0.3) is 5.91 Å². The molecule has 0 saturated heterocycles. The van der Waals surface area contributed by atoms with Crippen LogP contribution in [0.1, 0.15) is 53.2 Å². The summed E-state index contributed by atoms with van der Waals surface area (Å²) in [5, 5.41) is 12.5. The monoisotopic (exact) mass is 441 g/mol. The summed E-state index contributed by atoms with van der Waals surface area (Å²) in [6.07, 6.45) is 5.75. The second-order valence-corrected chi connectivity index (χ2v) is 8.00. The Morgan fingerprint density at radius 3 is 2.50 bits per heavy atom. The van der Waals surface area contributed by atoms with Gasteiger partial charge in [-0.1, -0.05) is 6.07 Å². The number of benzene rings is 1. The molecule has 166 valence electrons. The van der Waals surface area contributed by atoms with E-state index in [4.69, 9.17) is 0 Å². The molecule has 1 amide bonds. The fourth-order valence-corrected chi connectivity index (χ4v) is 4.06. The van der Waals surface area contributed by atoms with Crippen LogP contribution in [0.2, 0.25) is 0 Å². The van der Waals surface area contributed by atoms with Crippen LogP contribution < -0.4 is 5.32 Å². The van der Waals surface area contributed by atoms with Gasteiger partial charge < -0.3 is 10.4 Å². The number of aromatic nitrogens is 2. The number of aliphatic hydroxyl groups is 1. The Balaban J connectivity index is 1.64. The van der Waals surface area contributed by atoms with E-state index in [0.717, 1.165) is 36.6 Å². The van der Waals surface area contributed by atoms with Crippen molar-refractivity contribution in [2.75, 3.05) is 5.32 Å². The lowest BCUT2D eigenvalue weighted by atomic mass is 9.82. The van der Waals surface area contributed by atoms with Crippen molar-refractivity contribution in [1.82, 2.24) is 9.97 Å². The molecule has 0 aliphatic heterocycles. The van der Waals surface area contributed by atoms with Crippen molar-refractivity contribution in [3.63, 3.8) is 0 Å². The molecule has 0 atom stereocenters. The van der Waals surface area contributed by atoms with Crippen molar-refractivity contribution in [3.8, 4) is 11.3 Å². The minimum atomic E-state index is -0.967. The molecular weight excluding hydrogens is 419 g/mol. The standard InChI is InChI=1S/C24H22F3N3O2/c1-13-2-7-17(25)21(22(13)27)23-18(26)8-9-19(29-23)24(32)30-20-12-28-11-10-16(20)14-3-5-15(31)6-4-14/h2,7-12,14-15,31H,3-6H2,1H3,(H,30,32). The number of rotatable bonds is 4. The van der Waals surface area contributed by atoms with Crippen LogP contribution in [0.15, 0.2) is 42.7 Å². The van der Waals surface area contributed by atoms with Gasteiger partial charge in [0, 0.05) is 6.20 Å². The summed E-state index contributed by atoms with van der Waals surface area (Å²) in [5.74, 6) is -3.32. The van der Waals surface area contributed by atoms with Crippen LogP contribution in [0.5, 0.6) is 0 Å². The number of nitrogens with zero attached hydrogens (tertiary/aromatic N) is 2. The number of pyridine rings is 2. The minimum Gasteiger partial charge on any atom is -0.393 e. The molecule has 2 N–H and O–H groups in total. The number of amides is 1. The van der Waals surface area contributed by atoms with Gasteiger partial charge >= 0.3 is 0 Å². The molecule has 0 radical (unpaired) electrons. The fourth-order valence-electron chi connectivity index (χ4n) is 4.06. The van der Waals surface area contributed by atoms with E-state index in [0.29, 0.717) is 18.5 Å². The quantitative estimate of drug-likeness (QED) is 0.588. The van der Waals surface area contributed by atoms with Gasteiger partial charge in [0.2, 0.25) is 0 Å². The van der Waals surface area contributed by atoms with Gasteiger partial charge in [-0.15, -0.1) is 0 Å². The van der Waals surface area contributed by atoms with E-state index in [1.165, 1.54) is 19.2 Å². The number of hydrogen-bond acceptors (Lipinski definition) is 4. The third kappa shape index (κ3) is 4.36. The molecule has 5 nitrogen and oxygen atoms in total.